The molecule has 0 amide bonds. The summed E-state index contributed by atoms with van der Waals surface area (Å²) < 4.78 is 0. The van der Waals surface area contributed by atoms with Gasteiger partial charge in [0.25, 0.3) is 0 Å². The van der Waals surface area contributed by atoms with Crippen LogP contribution in [-0.2, 0) is 0 Å². The van der Waals surface area contributed by atoms with Crippen LogP contribution in [0.4, 0.5) is 0 Å². The Morgan fingerprint density at radius 2 is 2.55 bits per heavy atom. The lowest BCUT2D eigenvalue weighted by atomic mass is 10.0. The zero-order valence-electron chi connectivity index (χ0n) is 6.27. The maximum absolute atomic E-state index is 8.53. The summed E-state index contributed by atoms with van der Waals surface area (Å²) in [4.78, 5) is 0. The van der Waals surface area contributed by atoms with Gasteiger partial charge in [0.2, 0.25) is 0 Å². The Morgan fingerprint density at radius 3 is 3.18 bits per heavy atom. The van der Waals surface area contributed by atoms with E-state index in [0.29, 0.717) is 5.25 Å². The molecule has 1 atom stereocenters. The quantitative estimate of drug-likeness (QED) is 0.602. The summed E-state index contributed by atoms with van der Waals surface area (Å²) in [5.74, 6) is 0. The molecule has 0 bridgehead atoms. The average Bonchev–Trinajstić information content (AvgIpc) is 2.03. The van der Waals surface area contributed by atoms with E-state index in [0.717, 1.165) is 6.42 Å². The van der Waals surface area contributed by atoms with Gasteiger partial charge in [-0.25, -0.2) is 0 Å². The number of allylic oxidation sites excluding steroid dienone is 4. The number of rotatable bonds is 2. The molecule has 1 rings (SSSR count). The molecular weight excluding hydrogens is 156 g/mol. The molecule has 1 N–H and O–H groups in total. The third kappa shape index (κ3) is 2.56. The van der Waals surface area contributed by atoms with Crippen LogP contribution in [0.2, 0.25) is 0 Å². The summed E-state index contributed by atoms with van der Waals surface area (Å²) in [7, 11) is 0. The van der Waals surface area contributed by atoms with Gasteiger partial charge in [-0.2, -0.15) is 12.6 Å². The summed E-state index contributed by atoms with van der Waals surface area (Å²) in [5, 5.41) is 8.82. The van der Waals surface area contributed by atoms with E-state index in [2.05, 4.69) is 18.7 Å². The second kappa shape index (κ2) is 4.42. The third-order valence-corrected chi connectivity index (χ3v) is 2.09. The number of hydrogen-bond donors (Lipinski definition) is 2. The predicted molar refractivity (Wildman–Crippen MR) is 50.8 cm³/mol. The van der Waals surface area contributed by atoms with Crippen LogP contribution < -0.4 is 0 Å². The van der Waals surface area contributed by atoms with Gasteiger partial charge in [-0.05, 0) is 12.0 Å². The molecule has 1 unspecified atom stereocenters. The molecule has 11 heavy (non-hydrogen) atoms. The molecule has 0 aliphatic heterocycles. The van der Waals surface area contributed by atoms with E-state index in [-0.39, 0.29) is 6.61 Å². The summed E-state index contributed by atoms with van der Waals surface area (Å²) in [6, 6.07) is 0. The van der Waals surface area contributed by atoms with Gasteiger partial charge < -0.3 is 5.11 Å². The topological polar surface area (TPSA) is 20.2 Å². The molecule has 0 spiro atoms. The molecule has 0 saturated heterocycles. The van der Waals surface area contributed by atoms with Crippen LogP contribution in [0, 0.1) is 0 Å². The second-order valence-electron chi connectivity index (χ2n) is 2.43. The van der Waals surface area contributed by atoms with E-state index in [9.17, 15) is 0 Å². The molecule has 0 heterocycles. The van der Waals surface area contributed by atoms with Gasteiger partial charge in [-0.3, -0.25) is 0 Å². The van der Waals surface area contributed by atoms with E-state index in [1.165, 1.54) is 5.57 Å². The van der Waals surface area contributed by atoms with Crippen molar-refractivity contribution < 1.29 is 5.11 Å². The molecule has 2 heteroatoms. The minimum Gasteiger partial charge on any atom is -0.392 e. The second-order valence-corrected chi connectivity index (χ2v) is 3.05. The number of hydrogen-bond acceptors (Lipinski definition) is 2. The van der Waals surface area contributed by atoms with Gasteiger partial charge >= 0.3 is 0 Å². The molecule has 0 saturated carbocycles. The fourth-order valence-corrected chi connectivity index (χ4v) is 1.28. The summed E-state index contributed by atoms with van der Waals surface area (Å²) in [5.41, 5.74) is 1.17. The molecule has 0 fully saturated rings. The van der Waals surface area contributed by atoms with Crippen LogP contribution in [0.1, 0.15) is 6.42 Å². The fraction of sp³-hybridized carbons (Fsp3) is 0.333. The van der Waals surface area contributed by atoms with Crippen molar-refractivity contribution in [3.8, 4) is 0 Å². The fourth-order valence-electron chi connectivity index (χ4n) is 0.989. The van der Waals surface area contributed by atoms with Crippen LogP contribution in [0.3, 0.4) is 0 Å². The van der Waals surface area contributed by atoms with Gasteiger partial charge in [-0.1, -0.05) is 30.4 Å². The highest BCUT2D eigenvalue weighted by molar-refractivity contribution is 7.81. The van der Waals surface area contributed by atoms with Gasteiger partial charge in [0.15, 0.2) is 0 Å². The van der Waals surface area contributed by atoms with E-state index in [1.807, 2.05) is 18.2 Å². The molecule has 0 radical (unpaired) electrons. The number of aliphatic hydroxyl groups is 1. The van der Waals surface area contributed by atoms with E-state index >= 15 is 0 Å². The van der Waals surface area contributed by atoms with Crippen molar-refractivity contribution >= 4 is 12.6 Å². The summed E-state index contributed by atoms with van der Waals surface area (Å²) in [6.45, 7) is 0.0988. The smallest absolute Gasteiger partial charge is 0.0615 e. The van der Waals surface area contributed by atoms with Crippen molar-refractivity contribution in [1.29, 1.82) is 0 Å². The zero-order valence-corrected chi connectivity index (χ0v) is 7.17. The van der Waals surface area contributed by atoms with Gasteiger partial charge in [0, 0.05) is 5.25 Å². The Morgan fingerprint density at radius 1 is 1.73 bits per heavy atom. The Bertz CT molecular complexity index is 204. The van der Waals surface area contributed by atoms with Crippen molar-refractivity contribution in [3.05, 3.63) is 36.0 Å². The first kappa shape index (κ1) is 8.62. The first-order chi connectivity index (χ1) is 5.34. The maximum atomic E-state index is 8.53. The van der Waals surface area contributed by atoms with Crippen molar-refractivity contribution in [2.75, 3.05) is 6.61 Å². The molecule has 0 aromatic heterocycles. The van der Waals surface area contributed by atoms with Gasteiger partial charge in [0.1, 0.15) is 0 Å². The lowest BCUT2D eigenvalue weighted by Gasteiger charge is -2.11. The number of aliphatic hydroxyl groups excluding tert-OH is 1. The van der Waals surface area contributed by atoms with Gasteiger partial charge in [-0.15, -0.1) is 0 Å². The van der Waals surface area contributed by atoms with Crippen molar-refractivity contribution in [1.82, 2.24) is 0 Å². The van der Waals surface area contributed by atoms with Gasteiger partial charge in [0.05, 0.1) is 6.61 Å². The number of thiol groups is 1. The first-order valence-corrected chi connectivity index (χ1v) is 4.18. The minimum absolute atomic E-state index is 0.0988. The lowest BCUT2D eigenvalue weighted by molar-refractivity contribution is 0.342. The van der Waals surface area contributed by atoms with E-state index in [1.54, 1.807) is 6.08 Å². The van der Waals surface area contributed by atoms with E-state index in [4.69, 9.17) is 5.11 Å². The maximum Gasteiger partial charge on any atom is 0.0615 e. The van der Waals surface area contributed by atoms with Crippen LogP contribution in [0.25, 0.3) is 0 Å². The Balaban J connectivity index is 2.60. The SMILES string of the molecule is OCC=CC1=CC=CCC1S. The molecule has 0 aromatic carbocycles. The molecule has 1 aliphatic carbocycles. The predicted octanol–water partition coefficient (Wildman–Crippen LogP) is 1.72. The first-order valence-electron chi connectivity index (χ1n) is 3.67. The highest BCUT2D eigenvalue weighted by atomic mass is 32.1. The standard InChI is InChI=1S/C9H12OS/c10-7-3-5-8-4-1-2-6-9(8)11/h1-5,9-11H,6-7H2. The van der Waals surface area contributed by atoms with E-state index < -0.39 is 0 Å². The zero-order chi connectivity index (χ0) is 8.10. The highest BCUT2D eigenvalue weighted by Crippen LogP contribution is 2.19. The van der Waals surface area contributed by atoms with Crippen molar-refractivity contribution in [3.63, 3.8) is 0 Å². The monoisotopic (exact) mass is 168 g/mol. The lowest BCUT2D eigenvalue weighted by Crippen LogP contribution is -2.02. The Labute approximate surface area is 72.5 Å². The molecule has 1 aliphatic rings. The van der Waals surface area contributed by atoms with Crippen LogP contribution in [0.5, 0.6) is 0 Å². The Kier molecular flexibility index (Phi) is 3.46. The molecule has 0 aromatic rings. The average molecular weight is 168 g/mol. The third-order valence-electron chi connectivity index (χ3n) is 1.58. The normalized spacial score (nSPS) is 24.2. The van der Waals surface area contributed by atoms with Crippen molar-refractivity contribution in [2.45, 2.75) is 11.7 Å². The van der Waals surface area contributed by atoms with Crippen LogP contribution in [-0.4, -0.2) is 17.0 Å². The largest absolute Gasteiger partial charge is 0.392 e. The molecule has 60 valence electrons. The molecule has 1 nitrogen and oxygen atoms in total. The molecular formula is C9H12OS. The summed E-state index contributed by atoms with van der Waals surface area (Å²) >= 11 is 4.38. The minimum atomic E-state index is 0.0988. The highest BCUT2D eigenvalue weighted by Gasteiger charge is 2.06. The Hall–Kier alpha value is -0.470. The summed E-state index contributed by atoms with van der Waals surface area (Å²) in [6.07, 6.45) is 10.8. The van der Waals surface area contributed by atoms with Crippen molar-refractivity contribution in [2.24, 2.45) is 0 Å². The van der Waals surface area contributed by atoms with Crippen LogP contribution in [0.15, 0.2) is 36.0 Å². The van der Waals surface area contributed by atoms with Crippen LogP contribution >= 0.6 is 12.6 Å².